The number of rotatable bonds is 2. The fraction of sp³-hybridized carbons (Fsp3) is 0.571. The molecule has 110 valence electrons. The molecule has 1 aromatic heterocycles. The topological polar surface area (TPSA) is 77.7 Å². The predicted molar refractivity (Wildman–Crippen MR) is 75.5 cm³/mol. The zero-order chi connectivity index (χ0) is 14.8. The summed E-state index contributed by atoms with van der Waals surface area (Å²) < 4.78 is 11.1. The fourth-order valence-electron chi connectivity index (χ4n) is 2.00. The molecular weight excluding hydrogens is 258 g/mol. The number of nitrogens with zero attached hydrogens (tertiary/aromatic N) is 2. The first-order valence-electron chi connectivity index (χ1n) is 6.69. The number of ether oxygens (including phenoxy) is 2. The van der Waals surface area contributed by atoms with Crippen LogP contribution in [0.4, 0.5) is 10.5 Å². The first kappa shape index (κ1) is 14.4. The number of hydrogen-bond donors (Lipinski definition) is 1. The summed E-state index contributed by atoms with van der Waals surface area (Å²) in [6.45, 7) is 6.70. The number of aromatic nitrogens is 1. The van der Waals surface area contributed by atoms with Crippen LogP contribution in [0.5, 0.6) is 5.75 Å². The number of likely N-dealkylation sites (tertiary alicyclic amines) is 1. The number of carbonyl (C=O) groups is 1. The van der Waals surface area contributed by atoms with Crippen LogP contribution in [-0.2, 0) is 4.74 Å². The van der Waals surface area contributed by atoms with Crippen LogP contribution in [0.15, 0.2) is 18.5 Å². The standard InChI is InChI=1S/C14H21N3O3/c1-14(2,3)20-13(18)17-7-5-10(9-17)19-12-4-6-16-8-11(12)15/h4,6,8,10H,5,7,9,15H2,1-3H3/t10-/m1/s1. The van der Waals surface area contributed by atoms with Gasteiger partial charge in [0.05, 0.1) is 18.4 Å². The first-order chi connectivity index (χ1) is 9.35. The molecule has 2 heterocycles. The third kappa shape index (κ3) is 3.76. The van der Waals surface area contributed by atoms with Gasteiger partial charge in [0.25, 0.3) is 0 Å². The molecule has 0 aliphatic carbocycles. The van der Waals surface area contributed by atoms with Gasteiger partial charge in [-0.25, -0.2) is 4.79 Å². The van der Waals surface area contributed by atoms with Crippen molar-refractivity contribution in [2.75, 3.05) is 18.8 Å². The van der Waals surface area contributed by atoms with Crippen molar-refractivity contribution in [3.8, 4) is 5.75 Å². The molecule has 1 amide bonds. The number of amides is 1. The Hall–Kier alpha value is -1.98. The van der Waals surface area contributed by atoms with Gasteiger partial charge in [-0.3, -0.25) is 4.98 Å². The molecule has 1 saturated heterocycles. The normalized spacial score (nSPS) is 18.9. The van der Waals surface area contributed by atoms with Crippen LogP contribution < -0.4 is 10.5 Å². The average molecular weight is 279 g/mol. The molecule has 1 aliphatic rings. The van der Waals surface area contributed by atoms with E-state index in [1.54, 1.807) is 23.4 Å². The smallest absolute Gasteiger partial charge is 0.410 e. The van der Waals surface area contributed by atoms with Gasteiger partial charge in [-0.1, -0.05) is 0 Å². The van der Waals surface area contributed by atoms with E-state index in [2.05, 4.69) is 4.98 Å². The monoisotopic (exact) mass is 279 g/mol. The predicted octanol–water partition coefficient (Wildman–Crippen LogP) is 2.05. The maximum atomic E-state index is 11.9. The van der Waals surface area contributed by atoms with Crippen molar-refractivity contribution in [2.45, 2.75) is 38.9 Å². The highest BCUT2D eigenvalue weighted by molar-refractivity contribution is 5.68. The van der Waals surface area contributed by atoms with Gasteiger partial charge in [0.1, 0.15) is 17.5 Å². The maximum Gasteiger partial charge on any atom is 0.410 e. The first-order valence-corrected chi connectivity index (χ1v) is 6.69. The lowest BCUT2D eigenvalue weighted by molar-refractivity contribution is 0.0276. The van der Waals surface area contributed by atoms with Gasteiger partial charge in [0.2, 0.25) is 0 Å². The van der Waals surface area contributed by atoms with Crippen molar-refractivity contribution in [3.05, 3.63) is 18.5 Å². The average Bonchev–Trinajstić information content (AvgIpc) is 2.79. The van der Waals surface area contributed by atoms with Crippen LogP contribution in [0.1, 0.15) is 27.2 Å². The third-order valence-electron chi connectivity index (χ3n) is 2.90. The molecular formula is C14H21N3O3. The molecule has 1 fully saturated rings. The Kier molecular flexibility index (Phi) is 4.01. The van der Waals surface area contributed by atoms with Crippen LogP contribution in [0, 0.1) is 0 Å². The Bertz CT molecular complexity index is 485. The van der Waals surface area contributed by atoms with Gasteiger partial charge in [-0.2, -0.15) is 0 Å². The van der Waals surface area contributed by atoms with Crippen molar-refractivity contribution in [2.24, 2.45) is 0 Å². The lowest BCUT2D eigenvalue weighted by atomic mass is 10.2. The second kappa shape index (κ2) is 5.56. The Labute approximate surface area is 118 Å². The molecule has 0 bridgehead atoms. The highest BCUT2D eigenvalue weighted by Gasteiger charge is 2.31. The molecule has 6 heteroatoms. The van der Waals surface area contributed by atoms with E-state index in [1.807, 2.05) is 20.8 Å². The minimum absolute atomic E-state index is 0.0628. The number of anilines is 1. The fourth-order valence-corrected chi connectivity index (χ4v) is 2.00. The largest absolute Gasteiger partial charge is 0.486 e. The molecule has 1 aromatic rings. The molecule has 1 aliphatic heterocycles. The summed E-state index contributed by atoms with van der Waals surface area (Å²) in [4.78, 5) is 17.5. The van der Waals surface area contributed by atoms with E-state index >= 15 is 0 Å². The van der Waals surface area contributed by atoms with Crippen molar-refractivity contribution >= 4 is 11.8 Å². The zero-order valence-corrected chi connectivity index (χ0v) is 12.1. The third-order valence-corrected chi connectivity index (χ3v) is 2.90. The molecule has 0 radical (unpaired) electrons. The van der Waals surface area contributed by atoms with Crippen molar-refractivity contribution in [1.82, 2.24) is 9.88 Å². The van der Waals surface area contributed by atoms with E-state index in [0.717, 1.165) is 6.42 Å². The van der Waals surface area contributed by atoms with E-state index in [4.69, 9.17) is 15.2 Å². The molecule has 0 aromatic carbocycles. The molecule has 20 heavy (non-hydrogen) atoms. The quantitative estimate of drug-likeness (QED) is 0.896. The summed E-state index contributed by atoms with van der Waals surface area (Å²) in [5, 5.41) is 0. The Morgan fingerprint density at radius 1 is 1.50 bits per heavy atom. The summed E-state index contributed by atoms with van der Waals surface area (Å²) in [6.07, 6.45) is 3.59. The Balaban J connectivity index is 1.90. The van der Waals surface area contributed by atoms with Crippen LogP contribution in [0.2, 0.25) is 0 Å². The van der Waals surface area contributed by atoms with E-state index in [1.165, 1.54) is 0 Å². The van der Waals surface area contributed by atoms with Gasteiger partial charge in [-0.15, -0.1) is 0 Å². The number of carbonyl (C=O) groups excluding carboxylic acids is 1. The number of pyridine rings is 1. The van der Waals surface area contributed by atoms with E-state index in [0.29, 0.717) is 24.5 Å². The van der Waals surface area contributed by atoms with E-state index in [9.17, 15) is 4.79 Å². The van der Waals surface area contributed by atoms with Crippen molar-refractivity contribution < 1.29 is 14.3 Å². The van der Waals surface area contributed by atoms with Crippen LogP contribution in [-0.4, -0.2) is 40.8 Å². The maximum absolute atomic E-state index is 11.9. The lowest BCUT2D eigenvalue weighted by Gasteiger charge is -2.24. The van der Waals surface area contributed by atoms with Crippen LogP contribution >= 0.6 is 0 Å². The van der Waals surface area contributed by atoms with Gasteiger partial charge >= 0.3 is 6.09 Å². The summed E-state index contributed by atoms with van der Waals surface area (Å²) >= 11 is 0. The highest BCUT2D eigenvalue weighted by Crippen LogP contribution is 2.24. The van der Waals surface area contributed by atoms with E-state index in [-0.39, 0.29) is 12.2 Å². The van der Waals surface area contributed by atoms with Crippen LogP contribution in [0.25, 0.3) is 0 Å². The Morgan fingerprint density at radius 2 is 2.25 bits per heavy atom. The Morgan fingerprint density at radius 3 is 2.90 bits per heavy atom. The highest BCUT2D eigenvalue weighted by atomic mass is 16.6. The molecule has 0 spiro atoms. The summed E-state index contributed by atoms with van der Waals surface area (Å²) in [6, 6.07) is 1.73. The molecule has 2 rings (SSSR count). The van der Waals surface area contributed by atoms with Gasteiger partial charge in [-0.05, 0) is 20.8 Å². The van der Waals surface area contributed by atoms with Gasteiger partial charge in [0.15, 0.2) is 0 Å². The number of hydrogen-bond acceptors (Lipinski definition) is 5. The molecule has 1 atom stereocenters. The minimum atomic E-state index is -0.481. The SMILES string of the molecule is CC(C)(C)OC(=O)N1CC[C@@H](Oc2ccncc2N)C1. The van der Waals surface area contributed by atoms with Crippen molar-refractivity contribution in [1.29, 1.82) is 0 Å². The summed E-state index contributed by atoms with van der Waals surface area (Å²) in [5.74, 6) is 0.607. The molecule has 0 saturated carbocycles. The van der Waals surface area contributed by atoms with Gasteiger partial charge < -0.3 is 20.1 Å². The van der Waals surface area contributed by atoms with E-state index < -0.39 is 5.60 Å². The summed E-state index contributed by atoms with van der Waals surface area (Å²) in [5.41, 5.74) is 5.81. The number of nitrogen functional groups attached to an aromatic ring is 1. The minimum Gasteiger partial charge on any atom is -0.486 e. The lowest BCUT2D eigenvalue weighted by Crippen LogP contribution is -2.36. The summed E-state index contributed by atoms with van der Waals surface area (Å²) in [7, 11) is 0. The molecule has 0 unspecified atom stereocenters. The molecule has 6 nitrogen and oxygen atoms in total. The second-order valence-electron chi connectivity index (χ2n) is 5.87. The molecule has 2 N–H and O–H groups in total. The second-order valence-corrected chi connectivity index (χ2v) is 5.87. The van der Waals surface area contributed by atoms with Gasteiger partial charge in [0, 0.05) is 25.2 Å². The van der Waals surface area contributed by atoms with Crippen LogP contribution in [0.3, 0.4) is 0 Å². The van der Waals surface area contributed by atoms with Crippen molar-refractivity contribution in [3.63, 3.8) is 0 Å². The zero-order valence-electron chi connectivity index (χ0n) is 12.1. The number of nitrogens with two attached hydrogens (primary N) is 1.